The van der Waals surface area contributed by atoms with Gasteiger partial charge in [0.2, 0.25) is 10.0 Å². The van der Waals surface area contributed by atoms with Crippen LogP contribution in [-0.2, 0) is 14.8 Å². The van der Waals surface area contributed by atoms with Gasteiger partial charge in [0.15, 0.2) is 0 Å². The fraction of sp³-hybridized carbons (Fsp3) is 0.417. The number of hydrogen-bond donors (Lipinski definition) is 2. The Kier molecular flexibility index (Phi) is 4.18. The first-order valence-electron chi connectivity index (χ1n) is 5.99. The van der Waals surface area contributed by atoms with Crippen LogP contribution < -0.4 is 10.5 Å². The van der Waals surface area contributed by atoms with E-state index in [9.17, 15) is 13.2 Å². The van der Waals surface area contributed by atoms with Crippen molar-refractivity contribution in [2.75, 3.05) is 13.2 Å². The number of nitrogens with one attached hydrogen (secondary N) is 1. The molecule has 7 heteroatoms. The molecule has 0 saturated carbocycles. The van der Waals surface area contributed by atoms with Crippen molar-refractivity contribution in [1.29, 1.82) is 0 Å². The smallest absolute Gasteiger partial charge is 0.251 e. The lowest BCUT2D eigenvalue weighted by atomic mass is 10.2. The van der Waals surface area contributed by atoms with Gasteiger partial charge in [-0.1, -0.05) is 6.07 Å². The van der Waals surface area contributed by atoms with Gasteiger partial charge in [0.25, 0.3) is 5.91 Å². The maximum Gasteiger partial charge on any atom is 0.251 e. The predicted octanol–water partition coefficient (Wildman–Crippen LogP) is 0.243. The van der Waals surface area contributed by atoms with Crippen molar-refractivity contribution < 1.29 is 17.9 Å². The zero-order valence-corrected chi connectivity index (χ0v) is 11.2. The van der Waals surface area contributed by atoms with Crippen molar-refractivity contribution in [3.05, 3.63) is 29.8 Å². The second kappa shape index (κ2) is 5.68. The van der Waals surface area contributed by atoms with Crippen LogP contribution in [0.5, 0.6) is 0 Å². The minimum Gasteiger partial charge on any atom is -0.376 e. The van der Waals surface area contributed by atoms with Crippen molar-refractivity contribution in [1.82, 2.24) is 5.32 Å². The molecule has 2 rings (SSSR count). The quantitative estimate of drug-likeness (QED) is 0.827. The van der Waals surface area contributed by atoms with E-state index in [0.717, 1.165) is 19.4 Å². The number of amides is 1. The molecule has 0 unspecified atom stereocenters. The number of primary sulfonamides is 1. The van der Waals surface area contributed by atoms with Crippen molar-refractivity contribution >= 4 is 15.9 Å². The molecule has 3 N–H and O–H groups in total. The molecule has 1 aliphatic heterocycles. The minimum atomic E-state index is -3.79. The van der Waals surface area contributed by atoms with Gasteiger partial charge in [0.05, 0.1) is 11.0 Å². The second-order valence-corrected chi connectivity index (χ2v) is 5.98. The SMILES string of the molecule is NS(=O)(=O)c1cccc(C(=O)NC[C@@H]2CCCO2)c1. The molecule has 0 radical (unpaired) electrons. The number of rotatable bonds is 4. The topological polar surface area (TPSA) is 98.5 Å². The molecule has 6 nitrogen and oxygen atoms in total. The molecule has 1 amide bonds. The molecule has 0 aliphatic carbocycles. The van der Waals surface area contributed by atoms with Gasteiger partial charge < -0.3 is 10.1 Å². The van der Waals surface area contributed by atoms with Crippen molar-refractivity contribution in [2.24, 2.45) is 5.14 Å². The van der Waals surface area contributed by atoms with Crippen LogP contribution in [0.1, 0.15) is 23.2 Å². The maximum absolute atomic E-state index is 11.9. The Bertz CT molecular complexity index is 565. The lowest BCUT2D eigenvalue weighted by molar-refractivity contribution is 0.0857. The summed E-state index contributed by atoms with van der Waals surface area (Å²) in [6.07, 6.45) is 1.98. The van der Waals surface area contributed by atoms with E-state index in [1.807, 2.05) is 0 Å². The summed E-state index contributed by atoms with van der Waals surface area (Å²) in [4.78, 5) is 11.8. The summed E-state index contributed by atoms with van der Waals surface area (Å²) >= 11 is 0. The standard InChI is InChI=1S/C12H16N2O4S/c13-19(16,17)11-5-1-3-9(7-11)12(15)14-8-10-4-2-6-18-10/h1,3,5,7,10H,2,4,6,8H2,(H,14,15)(H2,13,16,17)/t10-/m0/s1. The first kappa shape index (κ1) is 14.0. The highest BCUT2D eigenvalue weighted by atomic mass is 32.2. The highest BCUT2D eigenvalue weighted by molar-refractivity contribution is 7.89. The summed E-state index contributed by atoms with van der Waals surface area (Å²) in [6, 6.07) is 5.65. The van der Waals surface area contributed by atoms with Crippen LogP contribution in [0.25, 0.3) is 0 Å². The van der Waals surface area contributed by atoms with E-state index in [4.69, 9.17) is 9.88 Å². The third kappa shape index (κ3) is 3.76. The zero-order chi connectivity index (χ0) is 13.9. The van der Waals surface area contributed by atoms with Crippen molar-refractivity contribution in [3.63, 3.8) is 0 Å². The molecule has 1 aliphatic rings. The number of carbonyl (C=O) groups excluding carboxylic acids is 1. The van der Waals surface area contributed by atoms with Crippen LogP contribution in [0, 0.1) is 0 Å². The first-order valence-corrected chi connectivity index (χ1v) is 7.54. The summed E-state index contributed by atoms with van der Waals surface area (Å²) in [5.74, 6) is -0.332. The van der Waals surface area contributed by atoms with Crippen LogP contribution in [0.4, 0.5) is 0 Å². The lowest BCUT2D eigenvalue weighted by Crippen LogP contribution is -2.31. The molecule has 1 atom stereocenters. The molecule has 1 aromatic carbocycles. The number of hydrogen-bond acceptors (Lipinski definition) is 4. The summed E-state index contributed by atoms with van der Waals surface area (Å²) in [6.45, 7) is 1.15. The van der Waals surface area contributed by atoms with E-state index in [-0.39, 0.29) is 22.5 Å². The van der Waals surface area contributed by atoms with Crippen LogP contribution >= 0.6 is 0 Å². The van der Waals surface area contributed by atoms with Gasteiger partial charge in [-0.2, -0.15) is 0 Å². The van der Waals surface area contributed by atoms with Gasteiger partial charge in [-0.05, 0) is 31.0 Å². The molecule has 1 saturated heterocycles. The van der Waals surface area contributed by atoms with Gasteiger partial charge in [-0.25, -0.2) is 13.6 Å². The predicted molar refractivity (Wildman–Crippen MR) is 69.1 cm³/mol. The van der Waals surface area contributed by atoms with Crippen molar-refractivity contribution in [3.8, 4) is 0 Å². The van der Waals surface area contributed by atoms with E-state index < -0.39 is 10.0 Å². The summed E-state index contributed by atoms with van der Waals surface area (Å²) in [7, 11) is -3.79. The third-order valence-corrected chi connectivity index (χ3v) is 3.85. The molecular formula is C12H16N2O4S. The fourth-order valence-corrected chi connectivity index (χ4v) is 2.49. The average Bonchev–Trinajstić information content (AvgIpc) is 2.88. The molecule has 104 valence electrons. The zero-order valence-electron chi connectivity index (χ0n) is 10.3. The van der Waals surface area contributed by atoms with Gasteiger partial charge in [-0.15, -0.1) is 0 Å². The van der Waals surface area contributed by atoms with Gasteiger partial charge in [-0.3, -0.25) is 4.79 Å². The van der Waals surface area contributed by atoms with E-state index in [0.29, 0.717) is 6.54 Å². The molecule has 0 bridgehead atoms. The molecule has 1 aromatic rings. The van der Waals surface area contributed by atoms with E-state index in [1.54, 1.807) is 6.07 Å². The normalized spacial score (nSPS) is 19.3. The van der Waals surface area contributed by atoms with Gasteiger partial charge >= 0.3 is 0 Å². The fourth-order valence-electron chi connectivity index (χ4n) is 1.93. The van der Waals surface area contributed by atoms with Crippen LogP contribution in [-0.4, -0.2) is 33.6 Å². The summed E-state index contributed by atoms with van der Waals surface area (Å²) in [5, 5.41) is 7.74. The van der Waals surface area contributed by atoms with Crippen molar-refractivity contribution in [2.45, 2.75) is 23.8 Å². The molecular weight excluding hydrogens is 268 g/mol. The number of sulfonamides is 1. The lowest BCUT2D eigenvalue weighted by Gasteiger charge is -2.11. The summed E-state index contributed by atoms with van der Waals surface area (Å²) in [5.41, 5.74) is 0.268. The first-order chi connectivity index (χ1) is 8.97. The minimum absolute atomic E-state index is 0.0466. The monoisotopic (exact) mass is 284 g/mol. The number of benzene rings is 1. The molecule has 0 aromatic heterocycles. The summed E-state index contributed by atoms with van der Waals surface area (Å²) < 4.78 is 27.8. The molecule has 1 heterocycles. The Labute approximate surface area is 112 Å². The Balaban J connectivity index is 2.02. The van der Waals surface area contributed by atoms with E-state index in [1.165, 1.54) is 18.2 Å². The number of ether oxygens (including phenoxy) is 1. The molecule has 1 fully saturated rings. The Hall–Kier alpha value is -1.44. The van der Waals surface area contributed by atoms with Gasteiger partial charge in [0.1, 0.15) is 0 Å². The Morgan fingerprint density at radius 2 is 2.26 bits per heavy atom. The highest BCUT2D eigenvalue weighted by Gasteiger charge is 2.17. The van der Waals surface area contributed by atoms with Gasteiger partial charge in [0, 0.05) is 18.7 Å². The average molecular weight is 284 g/mol. The van der Waals surface area contributed by atoms with E-state index >= 15 is 0 Å². The van der Waals surface area contributed by atoms with Crippen LogP contribution in [0.15, 0.2) is 29.2 Å². The number of carbonyl (C=O) groups is 1. The Morgan fingerprint density at radius 3 is 2.89 bits per heavy atom. The highest BCUT2D eigenvalue weighted by Crippen LogP contribution is 2.12. The van der Waals surface area contributed by atoms with Crippen LogP contribution in [0.3, 0.4) is 0 Å². The van der Waals surface area contributed by atoms with Crippen LogP contribution in [0.2, 0.25) is 0 Å². The second-order valence-electron chi connectivity index (χ2n) is 4.42. The maximum atomic E-state index is 11.9. The number of nitrogens with two attached hydrogens (primary N) is 1. The largest absolute Gasteiger partial charge is 0.376 e. The Morgan fingerprint density at radius 1 is 1.47 bits per heavy atom. The molecule has 19 heavy (non-hydrogen) atoms. The molecule has 0 spiro atoms. The van der Waals surface area contributed by atoms with E-state index in [2.05, 4.69) is 5.32 Å². The third-order valence-electron chi connectivity index (χ3n) is 2.94.